The number of piperidine rings is 1. The Morgan fingerprint density at radius 3 is 2.58 bits per heavy atom. The van der Waals surface area contributed by atoms with Gasteiger partial charge in [0.05, 0.1) is 17.8 Å². The van der Waals surface area contributed by atoms with Gasteiger partial charge in [0.1, 0.15) is 15.6 Å². The number of nitrogens with zero attached hydrogens (tertiary/aromatic N) is 3. The minimum atomic E-state index is -3.67. The molecule has 0 aromatic carbocycles. The van der Waals surface area contributed by atoms with Crippen LogP contribution in [0.5, 0.6) is 0 Å². The van der Waals surface area contributed by atoms with Crippen LogP contribution in [0.2, 0.25) is 0 Å². The van der Waals surface area contributed by atoms with E-state index in [0.717, 1.165) is 43.6 Å². The van der Waals surface area contributed by atoms with E-state index in [9.17, 15) is 18.0 Å². The number of hydrogen-bond donors (Lipinski definition) is 2. The van der Waals surface area contributed by atoms with E-state index in [1.54, 1.807) is 17.5 Å². The summed E-state index contributed by atoms with van der Waals surface area (Å²) in [5, 5.41) is 4.35. The second-order valence-corrected chi connectivity index (χ2v) is 10.6. The molecule has 1 atom stereocenters. The van der Waals surface area contributed by atoms with Gasteiger partial charge < -0.3 is 16.0 Å². The van der Waals surface area contributed by atoms with Crippen LogP contribution in [0.15, 0.2) is 34.7 Å². The van der Waals surface area contributed by atoms with Crippen LogP contribution >= 0.6 is 11.3 Å². The number of sulfonamides is 1. The zero-order chi connectivity index (χ0) is 22.0. The first-order valence-corrected chi connectivity index (χ1v) is 12.6. The fourth-order valence-electron chi connectivity index (χ4n) is 3.99. The number of pyridine rings is 1. The fourth-order valence-corrected chi connectivity index (χ4v) is 6.80. The maximum absolute atomic E-state index is 12.9. The van der Waals surface area contributed by atoms with Crippen LogP contribution in [0.25, 0.3) is 0 Å². The van der Waals surface area contributed by atoms with E-state index >= 15 is 0 Å². The summed E-state index contributed by atoms with van der Waals surface area (Å²) in [6, 6.07) is 4.98. The number of anilines is 2. The molecule has 166 valence electrons. The zero-order valence-corrected chi connectivity index (χ0v) is 18.6. The van der Waals surface area contributed by atoms with Crippen LogP contribution in [0.3, 0.4) is 0 Å². The fraction of sp³-hybridized carbons (Fsp3) is 0.450. The lowest BCUT2D eigenvalue weighted by atomic mass is 9.97. The minimum Gasteiger partial charge on any atom is -0.369 e. The Bertz CT molecular complexity index is 1060. The molecule has 2 fully saturated rings. The van der Waals surface area contributed by atoms with Crippen molar-refractivity contribution in [2.75, 3.05) is 36.4 Å². The molecule has 0 spiro atoms. The molecule has 3 N–H and O–H groups in total. The van der Waals surface area contributed by atoms with Gasteiger partial charge in [-0.15, -0.1) is 11.3 Å². The Balaban J connectivity index is 1.45. The molecule has 4 heterocycles. The van der Waals surface area contributed by atoms with Crippen molar-refractivity contribution in [2.45, 2.75) is 30.6 Å². The van der Waals surface area contributed by atoms with Crippen LogP contribution in [0.1, 0.15) is 35.4 Å². The van der Waals surface area contributed by atoms with Crippen molar-refractivity contribution in [3.63, 3.8) is 0 Å². The van der Waals surface area contributed by atoms with Gasteiger partial charge in [0.2, 0.25) is 15.9 Å². The van der Waals surface area contributed by atoms with Gasteiger partial charge in [-0.05, 0) is 49.3 Å². The number of amides is 2. The number of nitrogens with one attached hydrogen (secondary N) is 1. The molecule has 31 heavy (non-hydrogen) atoms. The summed E-state index contributed by atoms with van der Waals surface area (Å²) in [7, 11) is -3.67. The van der Waals surface area contributed by atoms with Crippen molar-refractivity contribution in [1.82, 2.24) is 9.29 Å². The summed E-state index contributed by atoms with van der Waals surface area (Å²) in [6.45, 7) is 2.28. The monoisotopic (exact) mass is 463 g/mol. The van der Waals surface area contributed by atoms with Gasteiger partial charge in [0.15, 0.2) is 0 Å². The molecule has 2 aliphatic heterocycles. The lowest BCUT2D eigenvalue weighted by Crippen LogP contribution is -2.41. The van der Waals surface area contributed by atoms with Crippen molar-refractivity contribution < 1.29 is 18.0 Å². The molecule has 4 rings (SSSR count). The lowest BCUT2D eigenvalue weighted by Gasteiger charge is -2.32. The molecule has 2 saturated heterocycles. The molecule has 0 aliphatic carbocycles. The summed E-state index contributed by atoms with van der Waals surface area (Å²) in [6.07, 6.45) is 4.84. The van der Waals surface area contributed by atoms with E-state index in [1.807, 2.05) is 4.90 Å². The number of thiophene rings is 1. The lowest BCUT2D eigenvalue weighted by molar-refractivity contribution is -0.122. The first-order valence-electron chi connectivity index (χ1n) is 10.3. The Kier molecular flexibility index (Phi) is 6.26. The van der Waals surface area contributed by atoms with Crippen molar-refractivity contribution in [3.05, 3.63) is 34.7 Å². The van der Waals surface area contributed by atoms with Gasteiger partial charge in [-0.2, -0.15) is 4.31 Å². The first kappa shape index (κ1) is 21.7. The average Bonchev–Trinajstić information content (AvgIpc) is 3.47. The number of rotatable bonds is 6. The topological polar surface area (TPSA) is 126 Å². The van der Waals surface area contributed by atoms with Gasteiger partial charge >= 0.3 is 0 Å². The SMILES string of the molecule is NC(=O)C1CCCN(c2ccc(NC(=O)c3sccc3S(=O)(=O)N3CCCC3)cn2)C1. The molecule has 0 bridgehead atoms. The number of carbonyl (C=O) groups is 2. The molecule has 0 saturated carbocycles. The molecule has 1 unspecified atom stereocenters. The van der Waals surface area contributed by atoms with Gasteiger partial charge in [-0.1, -0.05) is 0 Å². The van der Waals surface area contributed by atoms with Crippen LogP contribution in [0, 0.1) is 5.92 Å². The van der Waals surface area contributed by atoms with Gasteiger partial charge in [-0.3, -0.25) is 9.59 Å². The highest BCUT2D eigenvalue weighted by atomic mass is 32.2. The number of nitrogens with two attached hydrogens (primary N) is 1. The zero-order valence-electron chi connectivity index (χ0n) is 17.0. The highest BCUT2D eigenvalue weighted by Gasteiger charge is 2.32. The van der Waals surface area contributed by atoms with Crippen LogP contribution in [-0.2, 0) is 14.8 Å². The maximum Gasteiger partial charge on any atom is 0.267 e. The third-order valence-corrected chi connectivity index (χ3v) is 8.66. The summed E-state index contributed by atoms with van der Waals surface area (Å²) in [5.74, 6) is -0.264. The minimum absolute atomic E-state index is 0.0484. The highest BCUT2D eigenvalue weighted by molar-refractivity contribution is 7.89. The number of hydrogen-bond acceptors (Lipinski definition) is 7. The summed E-state index contributed by atoms with van der Waals surface area (Å²) in [4.78, 5) is 30.9. The van der Waals surface area contributed by atoms with Crippen molar-refractivity contribution in [3.8, 4) is 0 Å². The Morgan fingerprint density at radius 2 is 1.90 bits per heavy atom. The average molecular weight is 464 g/mol. The normalized spacial score (nSPS) is 20.0. The Morgan fingerprint density at radius 1 is 1.13 bits per heavy atom. The number of aromatic nitrogens is 1. The molecule has 2 amide bonds. The van der Waals surface area contributed by atoms with Crippen molar-refractivity contribution >= 4 is 44.7 Å². The quantitative estimate of drug-likeness (QED) is 0.674. The third kappa shape index (κ3) is 4.58. The Labute approximate surface area is 185 Å². The van der Waals surface area contributed by atoms with Crippen LogP contribution in [-0.4, -0.2) is 55.7 Å². The highest BCUT2D eigenvalue weighted by Crippen LogP contribution is 2.29. The number of primary amides is 1. The molecule has 2 aromatic heterocycles. The van der Waals surface area contributed by atoms with E-state index in [0.29, 0.717) is 31.1 Å². The van der Waals surface area contributed by atoms with E-state index in [2.05, 4.69) is 10.3 Å². The van der Waals surface area contributed by atoms with E-state index < -0.39 is 15.9 Å². The predicted molar refractivity (Wildman–Crippen MR) is 119 cm³/mol. The second-order valence-electron chi connectivity index (χ2n) is 7.77. The van der Waals surface area contributed by atoms with Crippen LogP contribution in [0.4, 0.5) is 11.5 Å². The second kappa shape index (κ2) is 8.93. The standard InChI is InChI=1S/C20H25N5O4S2/c21-19(26)14-4-3-8-24(13-14)17-6-5-15(12-22-17)23-20(27)18-16(7-11-30-18)31(28,29)25-9-1-2-10-25/h5-7,11-12,14H,1-4,8-10,13H2,(H2,21,26)(H,23,27). The molecule has 0 radical (unpaired) electrons. The van der Waals surface area contributed by atoms with E-state index in [1.165, 1.54) is 16.6 Å². The Hall–Kier alpha value is -2.50. The van der Waals surface area contributed by atoms with Crippen LogP contribution < -0.4 is 16.0 Å². The van der Waals surface area contributed by atoms with Crippen molar-refractivity contribution in [2.24, 2.45) is 11.7 Å². The first-order chi connectivity index (χ1) is 14.9. The van der Waals surface area contributed by atoms with Gasteiger partial charge in [0, 0.05) is 26.2 Å². The van der Waals surface area contributed by atoms with E-state index in [4.69, 9.17) is 5.73 Å². The predicted octanol–water partition coefficient (Wildman–Crippen LogP) is 1.88. The summed E-state index contributed by atoms with van der Waals surface area (Å²) >= 11 is 1.10. The van der Waals surface area contributed by atoms with Gasteiger partial charge in [0.25, 0.3) is 5.91 Å². The number of carbonyl (C=O) groups excluding carboxylic acids is 2. The third-order valence-electron chi connectivity index (χ3n) is 5.67. The molecule has 2 aliphatic rings. The smallest absolute Gasteiger partial charge is 0.267 e. The maximum atomic E-state index is 12.9. The molecule has 11 heteroatoms. The molecule has 9 nitrogen and oxygen atoms in total. The molecular weight excluding hydrogens is 438 g/mol. The molecular formula is C20H25N5O4S2. The molecule has 2 aromatic rings. The van der Waals surface area contributed by atoms with E-state index in [-0.39, 0.29) is 21.6 Å². The van der Waals surface area contributed by atoms with Crippen molar-refractivity contribution in [1.29, 1.82) is 0 Å². The summed E-state index contributed by atoms with van der Waals surface area (Å²) < 4.78 is 27.2. The van der Waals surface area contributed by atoms with Gasteiger partial charge in [-0.25, -0.2) is 13.4 Å². The summed E-state index contributed by atoms with van der Waals surface area (Å²) in [5.41, 5.74) is 5.90. The largest absolute Gasteiger partial charge is 0.369 e.